The van der Waals surface area contributed by atoms with Gasteiger partial charge in [0.15, 0.2) is 0 Å². The number of carboxylic acids is 1. The molecular formula is C39H59N5O6S. The molecule has 3 heterocycles. The van der Waals surface area contributed by atoms with E-state index in [0.717, 1.165) is 37.8 Å². The summed E-state index contributed by atoms with van der Waals surface area (Å²) in [5, 5.41) is 18.1. The Kier molecular flexibility index (Phi) is 14.2. The highest BCUT2D eigenvalue weighted by Crippen LogP contribution is 2.48. The maximum atomic E-state index is 14.3. The van der Waals surface area contributed by atoms with Crippen molar-refractivity contribution < 1.29 is 29.0 Å². The number of nitrogens with one attached hydrogen (secondary N) is 2. The zero-order chi connectivity index (χ0) is 37.5. The Morgan fingerprint density at radius 1 is 1.08 bits per heavy atom. The Morgan fingerprint density at radius 2 is 1.76 bits per heavy atom. The molecule has 3 N–H and O–H groups in total. The van der Waals surface area contributed by atoms with E-state index in [0.29, 0.717) is 30.4 Å². The van der Waals surface area contributed by atoms with Crippen LogP contribution in [-0.2, 0) is 25.5 Å². The van der Waals surface area contributed by atoms with Gasteiger partial charge in [0.1, 0.15) is 28.4 Å². The molecule has 2 bridgehead atoms. The lowest BCUT2D eigenvalue weighted by Crippen LogP contribution is -2.70. The zero-order valence-electron chi connectivity index (χ0n) is 31.7. The number of rotatable bonds is 19. The molecule has 2 aliphatic heterocycles. The molecule has 51 heavy (non-hydrogen) atoms. The van der Waals surface area contributed by atoms with Crippen LogP contribution < -0.4 is 10.6 Å². The SMILES string of the molecule is CCO[C@H](C[C@H](C(C)C)N(C)C(=O)[C@@H](NC(=O)C12CC(CCN1C)C2)[C@@H](C)CC)c1nc(C(=O)N[C@@H](Cc2ccccc2)C[C@H](C)C(=O)O)cs1. The van der Waals surface area contributed by atoms with E-state index in [2.05, 4.69) is 29.4 Å². The van der Waals surface area contributed by atoms with Gasteiger partial charge in [-0.1, -0.05) is 71.4 Å². The molecule has 1 saturated carbocycles. The van der Waals surface area contributed by atoms with Crippen molar-refractivity contribution >= 4 is 35.0 Å². The number of hydrogen-bond acceptors (Lipinski definition) is 8. The number of aliphatic carboxylic acids is 1. The number of piperidine rings is 2. The number of likely N-dealkylation sites (N-methyl/N-ethyl adjacent to an activating group) is 2. The van der Waals surface area contributed by atoms with E-state index in [1.165, 1.54) is 11.3 Å². The predicted octanol–water partition coefficient (Wildman–Crippen LogP) is 5.56. The Bertz CT molecular complexity index is 1480. The summed E-state index contributed by atoms with van der Waals surface area (Å²) in [6.07, 6.45) is 4.33. The second kappa shape index (κ2) is 17.9. The number of thiazole rings is 1. The van der Waals surface area contributed by atoms with Crippen molar-refractivity contribution in [2.75, 3.05) is 27.2 Å². The molecule has 1 aromatic heterocycles. The van der Waals surface area contributed by atoms with Gasteiger partial charge in [0, 0.05) is 37.5 Å². The molecule has 0 unspecified atom stereocenters. The number of carboxylic acid groups (broad SMARTS) is 1. The highest BCUT2D eigenvalue weighted by atomic mass is 32.1. The van der Waals surface area contributed by atoms with Crippen molar-refractivity contribution in [1.82, 2.24) is 25.4 Å². The summed E-state index contributed by atoms with van der Waals surface area (Å²) in [6, 6.07) is 8.41. The number of benzene rings is 1. The van der Waals surface area contributed by atoms with Crippen LogP contribution >= 0.6 is 11.3 Å². The van der Waals surface area contributed by atoms with Crippen LogP contribution in [0.25, 0.3) is 0 Å². The summed E-state index contributed by atoms with van der Waals surface area (Å²) in [5.74, 6) is -1.46. The summed E-state index contributed by atoms with van der Waals surface area (Å²) in [7, 11) is 3.83. The number of ether oxygens (including phenoxy) is 1. The minimum Gasteiger partial charge on any atom is -0.481 e. The molecule has 11 nitrogen and oxygen atoms in total. The average molecular weight is 726 g/mol. The van der Waals surface area contributed by atoms with Gasteiger partial charge in [-0.05, 0) is 75.9 Å². The number of carbonyl (C=O) groups is 4. The van der Waals surface area contributed by atoms with Gasteiger partial charge < -0.3 is 25.4 Å². The van der Waals surface area contributed by atoms with E-state index in [-0.39, 0.29) is 47.7 Å². The molecule has 5 rings (SSSR count). The highest BCUT2D eigenvalue weighted by molar-refractivity contribution is 7.09. The van der Waals surface area contributed by atoms with Crippen LogP contribution in [0.2, 0.25) is 0 Å². The van der Waals surface area contributed by atoms with Crippen molar-refractivity contribution in [2.24, 2.45) is 23.7 Å². The quantitative estimate of drug-likeness (QED) is 0.171. The van der Waals surface area contributed by atoms with E-state index in [1.807, 2.05) is 65.2 Å². The number of amides is 3. The summed E-state index contributed by atoms with van der Waals surface area (Å²) in [5.41, 5.74) is 0.730. The fourth-order valence-electron chi connectivity index (χ4n) is 7.66. The van der Waals surface area contributed by atoms with Crippen LogP contribution in [0.1, 0.15) is 107 Å². The molecule has 2 aromatic rings. The smallest absolute Gasteiger partial charge is 0.306 e. The zero-order valence-corrected chi connectivity index (χ0v) is 32.5. The Balaban J connectivity index is 1.48. The van der Waals surface area contributed by atoms with Crippen LogP contribution in [0, 0.1) is 23.7 Å². The molecule has 1 aromatic carbocycles. The summed E-state index contributed by atoms with van der Waals surface area (Å²) < 4.78 is 6.21. The van der Waals surface area contributed by atoms with Crippen LogP contribution in [-0.4, -0.2) is 94.5 Å². The molecule has 1 aliphatic carbocycles. The molecule has 2 saturated heterocycles. The predicted molar refractivity (Wildman–Crippen MR) is 199 cm³/mol. The molecule has 0 spiro atoms. The molecule has 3 aliphatic rings. The first-order valence-electron chi connectivity index (χ1n) is 18.6. The van der Waals surface area contributed by atoms with Crippen molar-refractivity contribution in [2.45, 2.75) is 116 Å². The fourth-order valence-corrected chi connectivity index (χ4v) is 8.52. The van der Waals surface area contributed by atoms with Gasteiger partial charge in [-0.3, -0.25) is 24.1 Å². The number of hydrogen-bond donors (Lipinski definition) is 3. The van der Waals surface area contributed by atoms with Crippen LogP contribution in [0.3, 0.4) is 0 Å². The van der Waals surface area contributed by atoms with E-state index >= 15 is 0 Å². The van der Waals surface area contributed by atoms with Crippen molar-refractivity contribution in [1.29, 1.82) is 0 Å². The average Bonchev–Trinajstić information content (AvgIpc) is 3.58. The molecule has 6 atom stereocenters. The monoisotopic (exact) mass is 725 g/mol. The Hall–Kier alpha value is -3.35. The maximum Gasteiger partial charge on any atom is 0.306 e. The molecule has 0 radical (unpaired) electrons. The maximum absolute atomic E-state index is 14.3. The van der Waals surface area contributed by atoms with E-state index in [4.69, 9.17) is 9.72 Å². The molecule has 12 heteroatoms. The fraction of sp³-hybridized carbons (Fsp3) is 0.667. The Morgan fingerprint density at radius 3 is 2.35 bits per heavy atom. The van der Waals surface area contributed by atoms with Gasteiger partial charge in [0.25, 0.3) is 5.91 Å². The topological polar surface area (TPSA) is 141 Å². The summed E-state index contributed by atoms with van der Waals surface area (Å²) in [4.78, 5) is 61.8. The van der Waals surface area contributed by atoms with Crippen LogP contribution in [0.15, 0.2) is 35.7 Å². The largest absolute Gasteiger partial charge is 0.481 e. The summed E-state index contributed by atoms with van der Waals surface area (Å²) in [6.45, 7) is 13.1. The number of carbonyl (C=O) groups excluding carboxylic acids is 3. The molecule has 3 fully saturated rings. The molecule has 282 valence electrons. The van der Waals surface area contributed by atoms with Gasteiger partial charge in [-0.15, -0.1) is 11.3 Å². The normalized spacial score (nSPS) is 22.2. The first kappa shape index (κ1) is 40.4. The van der Waals surface area contributed by atoms with Crippen molar-refractivity contribution in [3.8, 4) is 0 Å². The second-order valence-corrected chi connectivity index (χ2v) is 16.1. The lowest BCUT2D eigenvalue weighted by Gasteiger charge is -2.57. The van der Waals surface area contributed by atoms with E-state index in [1.54, 1.807) is 17.2 Å². The summed E-state index contributed by atoms with van der Waals surface area (Å²) >= 11 is 1.34. The third-order valence-electron chi connectivity index (χ3n) is 11.2. The molecular weight excluding hydrogens is 667 g/mol. The lowest BCUT2D eigenvalue weighted by molar-refractivity contribution is -0.154. The van der Waals surface area contributed by atoms with Gasteiger partial charge >= 0.3 is 5.97 Å². The molecule has 3 amide bonds. The van der Waals surface area contributed by atoms with Gasteiger partial charge in [-0.2, -0.15) is 0 Å². The van der Waals surface area contributed by atoms with E-state index < -0.39 is 35.6 Å². The minimum atomic E-state index is -0.910. The first-order valence-corrected chi connectivity index (χ1v) is 19.5. The standard InChI is InChI=1S/C39H59N5O6S/c1-9-25(5)33(42-38(49)39-21-28(22-39)16-17-43(39)7)36(46)44(8)31(24(3)4)20-32(50-10-2)35-41-30(23-51-35)34(45)40-29(18-26(6)37(47)48)19-27-14-12-11-13-15-27/h11-15,23-26,28-29,31-33H,9-10,16-22H2,1-8H3,(H,40,45)(H,42,49)(H,47,48)/t25-,26-,28?,29+,31+,32+,33-,39?/m0/s1. The van der Waals surface area contributed by atoms with Crippen LogP contribution in [0.5, 0.6) is 0 Å². The van der Waals surface area contributed by atoms with Gasteiger partial charge in [-0.25, -0.2) is 4.98 Å². The number of nitrogens with zero attached hydrogens (tertiary/aromatic N) is 3. The van der Waals surface area contributed by atoms with Crippen LogP contribution in [0.4, 0.5) is 0 Å². The third-order valence-corrected chi connectivity index (χ3v) is 12.2. The van der Waals surface area contributed by atoms with Gasteiger partial charge in [0.05, 0.1) is 5.92 Å². The van der Waals surface area contributed by atoms with E-state index in [9.17, 15) is 24.3 Å². The van der Waals surface area contributed by atoms with Crippen molar-refractivity contribution in [3.05, 3.63) is 52.0 Å². The number of aromatic nitrogens is 1. The first-order chi connectivity index (χ1) is 24.2. The highest BCUT2D eigenvalue weighted by Gasteiger charge is 2.56. The minimum absolute atomic E-state index is 0.0432. The second-order valence-electron chi connectivity index (χ2n) is 15.2. The van der Waals surface area contributed by atoms with Crippen molar-refractivity contribution in [3.63, 3.8) is 0 Å². The Labute approximate surface area is 307 Å². The van der Waals surface area contributed by atoms with Gasteiger partial charge in [0.2, 0.25) is 11.8 Å². The number of fused-ring (bicyclic) bond motifs is 2. The lowest BCUT2D eigenvalue weighted by atomic mass is 9.62. The third kappa shape index (κ3) is 9.75.